The number of hydrogen-bond acceptors (Lipinski definition) is 4. The van der Waals surface area contributed by atoms with Crippen molar-refractivity contribution in [2.45, 2.75) is 13.8 Å². The number of pyridine rings is 1. The molecule has 120 valence electrons. The highest BCUT2D eigenvalue weighted by atomic mass is 16.5. The molecule has 1 amide bonds. The molecule has 0 bridgehead atoms. The zero-order chi connectivity index (χ0) is 17.1. The van der Waals surface area contributed by atoms with Crippen molar-refractivity contribution in [1.29, 1.82) is 0 Å². The molecule has 0 aliphatic carbocycles. The maximum Gasteiger partial charge on any atom is 0.308 e. The van der Waals surface area contributed by atoms with Gasteiger partial charge in [0.2, 0.25) is 0 Å². The standard InChI is InChI=1S/C19H16N2O3/c1-12-5-3-6-14(11-12)19(23)21-16-8-9-17(24-13(2)22)15-7-4-10-20-18(15)16/h3-11H,1-2H3,(H,21,23). The largest absolute Gasteiger partial charge is 0.426 e. The van der Waals surface area contributed by atoms with Crippen LogP contribution in [0.1, 0.15) is 22.8 Å². The van der Waals surface area contributed by atoms with E-state index in [2.05, 4.69) is 10.3 Å². The van der Waals surface area contributed by atoms with E-state index in [1.54, 1.807) is 36.5 Å². The summed E-state index contributed by atoms with van der Waals surface area (Å²) in [7, 11) is 0. The van der Waals surface area contributed by atoms with Gasteiger partial charge in [-0.2, -0.15) is 0 Å². The Morgan fingerprint density at radius 1 is 1.08 bits per heavy atom. The first-order valence-electron chi connectivity index (χ1n) is 7.49. The van der Waals surface area contributed by atoms with Gasteiger partial charge in [-0.3, -0.25) is 14.6 Å². The predicted molar refractivity (Wildman–Crippen MR) is 92.2 cm³/mol. The minimum Gasteiger partial charge on any atom is -0.426 e. The van der Waals surface area contributed by atoms with E-state index >= 15 is 0 Å². The molecule has 0 saturated carbocycles. The van der Waals surface area contributed by atoms with Crippen LogP contribution in [0.3, 0.4) is 0 Å². The van der Waals surface area contributed by atoms with Crippen molar-refractivity contribution < 1.29 is 14.3 Å². The van der Waals surface area contributed by atoms with Crippen molar-refractivity contribution in [3.05, 3.63) is 65.9 Å². The van der Waals surface area contributed by atoms with Crippen LogP contribution in [-0.2, 0) is 4.79 Å². The Bertz CT molecular complexity index is 935. The number of aromatic nitrogens is 1. The second kappa shape index (κ2) is 6.50. The molecule has 0 unspecified atom stereocenters. The monoisotopic (exact) mass is 320 g/mol. The predicted octanol–water partition coefficient (Wildman–Crippen LogP) is 3.72. The number of ether oxygens (including phenoxy) is 1. The zero-order valence-corrected chi connectivity index (χ0v) is 13.4. The van der Waals surface area contributed by atoms with Gasteiger partial charge in [-0.15, -0.1) is 0 Å². The lowest BCUT2D eigenvalue weighted by Gasteiger charge is -2.11. The summed E-state index contributed by atoms with van der Waals surface area (Å²) in [6, 6.07) is 14.2. The summed E-state index contributed by atoms with van der Waals surface area (Å²) in [5.74, 6) is -0.207. The highest BCUT2D eigenvalue weighted by Gasteiger charge is 2.13. The van der Waals surface area contributed by atoms with E-state index in [0.717, 1.165) is 5.56 Å². The average Bonchev–Trinajstić information content (AvgIpc) is 2.56. The van der Waals surface area contributed by atoms with Gasteiger partial charge in [-0.05, 0) is 43.3 Å². The van der Waals surface area contributed by atoms with E-state index in [9.17, 15) is 9.59 Å². The van der Waals surface area contributed by atoms with Crippen LogP contribution in [0.2, 0.25) is 0 Å². The number of nitrogens with zero attached hydrogens (tertiary/aromatic N) is 1. The number of hydrogen-bond donors (Lipinski definition) is 1. The summed E-state index contributed by atoms with van der Waals surface area (Å²) in [6.07, 6.45) is 1.63. The second-order valence-corrected chi connectivity index (χ2v) is 5.43. The molecule has 3 rings (SSSR count). The number of anilines is 1. The Kier molecular flexibility index (Phi) is 4.24. The van der Waals surface area contributed by atoms with Crippen molar-refractivity contribution in [2.24, 2.45) is 0 Å². The van der Waals surface area contributed by atoms with Crippen LogP contribution in [0.15, 0.2) is 54.7 Å². The molecule has 5 nitrogen and oxygen atoms in total. The van der Waals surface area contributed by atoms with Crippen LogP contribution in [0, 0.1) is 6.92 Å². The van der Waals surface area contributed by atoms with Crippen molar-refractivity contribution in [3.8, 4) is 5.75 Å². The molecular formula is C19H16N2O3. The van der Waals surface area contributed by atoms with Crippen LogP contribution >= 0.6 is 0 Å². The first-order valence-corrected chi connectivity index (χ1v) is 7.49. The molecule has 0 aliphatic heterocycles. The van der Waals surface area contributed by atoms with Crippen LogP contribution in [0.5, 0.6) is 5.75 Å². The Morgan fingerprint density at radius 2 is 1.92 bits per heavy atom. The molecule has 1 aromatic heterocycles. The number of amides is 1. The van der Waals surface area contributed by atoms with Gasteiger partial charge < -0.3 is 10.1 Å². The average molecular weight is 320 g/mol. The maximum atomic E-state index is 12.4. The van der Waals surface area contributed by atoms with Gasteiger partial charge in [0, 0.05) is 24.1 Å². The van der Waals surface area contributed by atoms with Gasteiger partial charge in [0.05, 0.1) is 11.2 Å². The van der Waals surface area contributed by atoms with Crippen molar-refractivity contribution in [3.63, 3.8) is 0 Å². The van der Waals surface area contributed by atoms with E-state index in [1.165, 1.54) is 6.92 Å². The lowest BCUT2D eigenvalue weighted by Crippen LogP contribution is -2.12. The number of carbonyl (C=O) groups is 2. The first-order chi connectivity index (χ1) is 11.5. The highest BCUT2D eigenvalue weighted by Crippen LogP contribution is 2.30. The third kappa shape index (κ3) is 3.25. The van der Waals surface area contributed by atoms with Crippen molar-refractivity contribution in [1.82, 2.24) is 4.98 Å². The van der Waals surface area contributed by atoms with Crippen LogP contribution in [0.4, 0.5) is 5.69 Å². The molecule has 0 atom stereocenters. The normalized spacial score (nSPS) is 10.4. The quantitative estimate of drug-likeness (QED) is 0.590. The SMILES string of the molecule is CC(=O)Oc1ccc(NC(=O)c2cccc(C)c2)c2ncccc12. The van der Waals surface area contributed by atoms with Gasteiger partial charge in [-0.25, -0.2) is 0 Å². The molecule has 0 fully saturated rings. The summed E-state index contributed by atoms with van der Waals surface area (Å²) in [5, 5.41) is 3.53. The van der Waals surface area contributed by atoms with E-state index in [4.69, 9.17) is 4.74 Å². The third-order valence-corrected chi connectivity index (χ3v) is 3.51. The van der Waals surface area contributed by atoms with Gasteiger partial charge in [-0.1, -0.05) is 17.7 Å². The van der Waals surface area contributed by atoms with Crippen LogP contribution < -0.4 is 10.1 Å². The Labute approximate surface area is 139 Å². The topological polar surface area (TPSA) is 68.3 Å². The van der Waals surface area contributed by atoms with E-state index in [1.807, 2.05) is 25.1 Å². The number of aryl methyl sites for hydroxylation is 1. The summed E-state index contributed by atoms with van der Waals surface area (Å²) < 4.78 is 5.20. The fourth-order valence-corrected chi connectivity index (χ4v) is 2.47. The molecule has 5 heteroatoms. The number of carbonyl (C=O) groups excluding carboxylic acids is 2. The lowest BCUT2D eigenvalue weighted by atomic mass is 10.1. The zero-order valence-electron chi connectivity index (χ0n) is 13.4. The third-order valence-electron chi connectivity index (χ3n) is 3.51. The molecule has 3 aromatic rings. The highest BCUT2D eigenvalue weighted by molar-refractivity contribution is 6.09. The number of benzene rings is 2. The molecule has 0 radical (unpaired) electrons. The molecule has 1 heterocycles. The summed E-state index contributed by atoms with van der Waals surface area (Å²) in [4.78, 5) is 28.0. The first kappa shape index (κ1) is 15.7. The number of fused-ring (bicyclic) bond motifs is 1. The minimum atomic E-state index is -0.406. The van der Waals surface area contributed by atoms with Crippen LogP contribution in [-0.4, -0.2) is 16.9 Å². The van der Waals surface area contributed by atoms with Crippen LogP contribution in [0.25, 0.3) is 10.9 Å². The fraction of sp³-hybridized carbons (Fsp3) is 0.105. The van der Waals surface area contributed by atoms with E-state index in [-0.39, 0.29) is 5.91 Å². The minimum absolute atomic E-state index is 0.217. The van der Waals surface area contributed by atoms with E-state index < -0.39 is 5.97 Å². The summed E-state index contributed by atoms with van der Waals surface area (Å²) in [5.41, 5.74) is 2.71. The van der Waals surface area contributed by atoms with E-state index in [0.29, 0.717) is 27.9 Å². The molecular weight excluding hydrogens is 304 g/mol. The Hall–Kier alpha value is -3.21. The van der Waals surface area contributed by atoms with Crippen molar-refractivity contribution >= 4 is 28.5 Å². The molecule has 1 N–H and O–H groups in total. The smallest absolute Gasteiger partial charge is 0.308 e. The van der Waals surface area contributed by atoms with Gasteiger partial charge in [0.1, 0.15) is 5.75 Å². The summed E-state index contributed by atoms with van der Waals surface area (Å²) >= 11 is 0. The Morgan fingerprint density at radius 3 is 2.67 bits per heavy atom. The second-order valence-electron chi connectivity index (χ2n) is 5.43. The number of rotatable bonds is 3. The maximum absolute atomic E-state index is 12.4. The Balaban J connectivity index is 1.98. The summed E-state index contributed by atoms with van der Waals surface area (Å²) in [6.45, 7) is 3.28. The van der Waals surface area contributed by atoms with Gasteiger partial charge in [0.15, 0.2) is 0 Å². The molecule has 0 spiro atoms. The number of nitrogens with one attached hydrogen (secondary N) is 1. The lowest BCUT2D eigenvalue weighted by molar-refractivity contribution is -0.131. The fourth-order valence-electron chi connectivity index (χ4n) is 2.47. The molecule has 24 heavy (non-hydrogen) atoms. The molecule has 0 saturated heterocycles. The number of esters is 1. The van der Waals surface area contributed by atoms with Gasteiger partial charge >= 0.3 is 5.97 Å². The van der Waals surface area contributed by atoms with Gasteiger partial charge in [0.25, 0.3) is 5.91 Å². The van der Waals surface area contributed by atoms with Crippen molar-refractivity contribution in [2.75, 3.05) is 5.32 Å². The molecule has 0 aliphatic rings. The molecule has 2 aromatic carbocycles.